The van der Waals surface area contributed by atoms with Crippen molar-refractivity contribution in [2.45, 2.75) is 49.7 Å². The lowest BCUT2D eigenvalue weighted by Gasteiger charge is -2.30. The van der Waals surface area contributed by atoms with Crippen molar-refractivity contribution in [3.63, 3.8) is 0 Å². The van der Waals surface area contributed by atoms with Gasteiger partial charge >= 0.3 is 0 Å². The van der Waals surface area contributed by atoms with Gasteiger partial charge in [-0.15, -0.1) is 0 Å². The van der Waals surface area contributed by atoms with Crippen LogP contribution in [-0.2, 0) is 4.79 Å². The van der Waals surface area contributed by atoms with E-state index in [-0.39, 0.29) is 30.0 Å². The van der Waals surface area contributed by atoms with Crippen molar-refractivity contribution >= 4 is 29.1 Å². The van der Waals surface area contributed by atoms with Crippen LogP contribution in [0.5, 0.6) is 0 Å². The predicted molar refractivity (Wildman–Crippen MR) is 87.8 cm³/mol. The molecule has 1 atom stereocenters. The number of ketones is 2. The van der Waals surface area contributed by atoms with Crippen LogP contribution in [0.15, 0.2) is 11.4 Å². The van der Waals surface area contributed by atoms with Gasteiger partial charge in [0, 0.05) is 31.1 Å². The number of rotatable bonds is 5. The maximum Gasteiger partial charge on any atom is 0.189 e. The third-order valence-electron chi connectivity index (χ3n) is 4.89. The second-order valence-electron chi connectivity index (χ2n) is 6.45. The quantitative estimate of drug-likeness (QED) is 0.628. The molecule has 0 radical (unpaired) electrons. The number of thioether (sulfide) groups is 1. The Morgan fingerprint density at radius 2 is 2.22 bits per heavy atom. The van der Waals surface area contributed by atoms with Gasteiger partial charge in [-0.3, -0.25) is 9.59 Å². The SMILES string of the molecule is CSc1ncc2c(n1)NC(C(=O)CC1(CO)CCCC1)CC2=O. The van der Waals surface area contributed by atoms with Gasteiger partial charge < -0.3 is 10.4 Å². The number of nitrogens with one attached hydrogen (secondary N) is 1. The average molecular weight is 335 g/mol. The first-order valence-electron chi connectivity index (χ1n) is 7.91. The van der Waals surface area contributed by atoms with Crippen LogP contribution >= 0.6 is 11.8 Å². The molecular formula is C16H21N3O3S. The Labute approximate surface area is 139 Å². The summed E-state index contributed by atoms with van der Waals surface area (Å²) in [6, 6.07) is -0.552. The summed E-state index contributed by atoms with van der Waals surface area (Å²) in [5, 5.41) is 13.3. The van der Waals surface area contributed by atoms with E-state index in [1.165, 1.54) is 18.0 Å². The summed E-state index contributed by atoms with van der Waals surface area (Å²) >= 11 is 1.39. The van der Waals surface area contributed by atoms with Crippen LogP contribution in [0, 0.1) is 5.41 Å². The molecule has 0 bridgehead atoms. The molecule has 2 heterocycles. The molecule has 0 spiro atoms. The van der Waals surface area contributed by atoms with Crippen LogP contribution in [0.3, 0.4) is 0 Å². The highest BCUT2D eigenvalue weighted by Gasteiger charge is 2.39. The molecule has 1 fully saturated rings. The topological polar surface area (TPSA) is 92.2 Å². The highest BCUT2D eigenvalue weighted by Crippen LogP contribution is 2.41. The summed E-state index contributed by atoms with van der Waals surface area (Å²) in [7, 11) is 0. The molecule has 1 aromatic rings. The van der Waals surface area contributed by atoms with Gasteiger partial charge in [0.1, 0.15) is 5.82 Å². The van der Waals surface area contributed by atoms with E-state index in [2.05, 4.69) is 15.3 Å². The fourth-order valence-corrected chi connectivity index (χ4v) is 3.83. The molecule has 1 aliphatic carbocycles. The van der Waals surface area contributed by atoms with Crippen molar-refractivity contribution in [1.29, 1.82) is 0 Å². The van der Waals surface area contributed by atoms with Gasteiger partial charge in [-0.2, -0.15) is 0 Å². The van der Waals surface area contributed by atoms with Crippen LogP contribution in [0.25, 0.3) is 0 Å². The summed E-state index contributed by atoms with van der Waals surface area (Å²) in [5.41, 5.74) is 0.155. The van der Waals surface area contributed by atoms with Crippen LogP contribution < -0.4 is 5.32 Å². The number of carbonyl (C=O) groups is 2. The molecule has 3 rings (SSSR count). The Bertz CT molecular complexity index is 629. The van der Waals surface area contributed by atoms with E-state index in [1.54, 1.807) is 0 Å². The van der Waals surface area contributed by atoms with E-state index in [0.717, 1.165) is 25.7 Å². The number of nitrogens with zero attached hydrogens (tertiary/aromatic N) is 2. The van der Waals surface area contributed by atoms with E-state index in [0.29, 0.717) is 23.0 Å². The number of carbonyl (C=O) groups excluding carboxylic acids is 2. The van der Waals surface area contributed by atoms with Crippen molar-refractivity contribution in [1.82, 2.24) is 9.97 Å². The second-order valence-corrected chi connectivity index (χ2v) is 7.22. The normalized spacial score (nSPS) is 22.5. The maximum atomic E-state index is 12.7. The molecule has 0 amide bonds. The maximum absolute atomic E-state index is 12.7. The molecule has 1 saturated carbocycles. The number of aliphatic hydroxyl groups excluding tert-OH is 1. The zero-order chi connectivity index (χ0) is 16.4. The molecule has 1 aromatic heterocycles. The summed E-state index contributed by atoms with van der Waals surface area (Å²) in [6.07, 6.45) is 7.71. The third kappa shape index (κ3) is 3.26. The van der Waals surface area contributed by atoms with Gasteiger partial charge in [0.2, 0.25) is 0 Å². The van der Waals surface area contributed by atoms with Gasteiger partial charge in [0.15, 0.2) is 16.7 Å². The minimum atomic E-state index is -0.552. The number of hydrogen-bond donors (Lipinski definition) is 2. The van der Waals surface area contributed by atoms with Crippen molar-refractivity contribution < 1.29 is 14.7 Å². The predicted octanol–water partition coefficient (Wildman–Crippen LogP) is 2.08. The minimum absolute atomic E-state index is 0.00994. The second kappa shape index (κ2) is 6.57. The van der Waals surface area contributed by atoms with E-state index in [4.69, 9.17) is 0 Å². The first kappa shape index (κ1) is 16.4. The standard InChI is InChI=1S/C16H21N3O3S/c1-23-15-17-8-10-12(21)6-11(18-14(10)19-15)13(22)7-16(9-20)4-2-3-5-16/h8,11,20H,2-7,9H2,1H3,(H,17,18,19). The van der Waals surface area contributed by atoms with Crippen molar-refractivity contribution in [3.05, 3.63) is 11.8 Å². The lowest BCUT2D eigenvalue weighted by atomic mass is 9.79. The first-order valence-corrected chi connectivity index (χ1v) is 9.14. The summed E-state index contributed by atoms with van der Waals surface area (Å²) in [6.45, 7) is 0.0365. The molecule has 2 N–H and O–H groups in total. The molecule has 7 heteroatoms. The third-order valence-corrected chi connectivity index (χ3v) is 5.45. The Balaban J connectivity index is 1.76. The van der Waals surface area contributed by atoms with Crippen molar-refractivity contribution in [3.8, 4) is 0 Å². The van der Waals surface area contributed by atoms with Crippen LogP contribution in [0.2, 0.25) is 0 Å². The zero-order valence-corrected chi connectivity index (χ0v) is 14.0. The van der Waals surface area contributed by atoms with Crippen LogP contribution in [0.4, 0.5) is 5.82 Å². The smallest absolute Gasteiger partial charge is 0.189 e. The van der Waals surface area contributed by atoms with Gasteiger partial charge in [-0.05, 0) is 19.1 Å². The van der Waals surface area contributed by atoms with Gasteiger partial charge in [-0.25, -0.2) is 9.97 Å². The molecule has 6 nitrogen and oxygen atoms in total. The molecule has 0 saturated heterocycles. The van der Waals surface area contributed by atoms with Gasteiger partial charge in [0.05, 0.1) is 11.6 Å². The van der Waals surface area contributed by atoms with Crippen molar-refractivity contribution in [2.75, 3.05) is 18.2 Å². The Kier molecular flexibility index (Phi) is 4.68. The van der Waals surface area contributed by atoms with Gasteiger partial charge in [-0.1, -0.05) is 24.6 Å². The minimum Gasteiger partial charge on any atom is -0.396 e. The Morgan fingerprint density at radius 1 is 1.48 bits per heavy atom. The molecular weight excluding hydrogens is 314 g/mol. The molecule has 0 aromatic carbocycles. The fraction of sp³-hybridized carbons (Fsp3) is 0.625. The summed E-state index contributed by atoms with van der Waals surface area (Å²) in [4.78, 5) is 33.3. The monoisotopic (exact) mass is 335 g/mol. The fourth-order valence-electron chi connectivity index (χ4n) is 3.49. The Morgan fingerprint density at radius 3 is 2.87 bits per heavy atom. The van der Waals surface area contributed by atoms with Gasteiger partial charge in [0.25, 0.3) is 0 Å². The molecule has 124 valence electrons. The zero-order valence-electron chi connectivity index (χ0n) is 13.2. The Hall–Kier alpha value is -1.47. The lowest BCUT2D eigenvalue weighted by Crippen LogP contribution is -2.40. The van der Waals surface area contributed by atoms with Crippen LogP contribution in [-0.4, -0.2) is 45.5 Å². The highest BCUT2D eigenvalue weighted by molar-refractivity contribution is 7.98. The van der Waals surface area contributed by atoms with E-state index in [1.807, 2.05) is 6.26 Å². The lowest BCUT2D eigenvalue weighted by molar-refractivity contribution is -0.122. The van der Waals surface area contributed by atoms with E-state index >= 15 is 0 Å². The van der Waals surface area contributed by atoms with Crippen molar-refractivity contribution in [2.24, 2.45) is 5.41 Å². The first-order chi connectivity index (χ1) is 11.1. The van der Waals surface area contributed by atoms with E-state index < -0.39 is 6.04 Å². The summed E-state index contributed by atoms with van der Waals surface area (Å²) < 4.78 is 0. The number of aromatic nitrogens is 2. The molecule has 1 aliphatic heterocycles. The summed E-state index contributed by atoms with van der Waals surface area (Å²) in [5.74, 6) is 0.335. The van der Waals surface area contributed by atoms with E-state index in [9.17, 15) is 14.7 Å². The van der Waals surface area contributed by atoms with Crippen LogP contribution in [0.1, 0.15) is 48.9 Å². The molecule has 23 heavy (non-hydrogen) atoms. The highest BCUT2D eigenvalue weighted by atomic mass is 32.2. The number of Topliss-reactive ketones (excluding diaryl/α,β-unsaturated/α-hetero) is 2. The number of aliphatic hydroxyl groups is 1. The number of hydrogen-bond acceptors (Lipinski definition) is 7. The number of anilines is 1. The largest absolute Gasteiger partial charge is 0.396 e. The molecule has 2 aliphatic rings. The number of fused-ring (bicyclic) bond motifs is 1. The molecule has 1 unspecified atom stereocenters. The average Bonchev–Trinajstić information content (AvgIpc) is 3.03.